The van der Waals surface area contributed by atoms with Crippen LogP contribution in [0.15, 0.2) is 30.3 Å². The summed E-state index contributed by atoms with van der Waals surface area (Å²) in [6.45, 7) is 0.640. The molecule has 1 aromatic carbocycles. The van der Waals surface area contributed by atoms with E-state index in [1.54, 1.807) is 0 Å². The summed E-state index contributed by atoms with van der Waals surface area (Å²) >= 11 is 0. The molecule has 9 heavy (non-hydrogen) atoms. The quantitative estimate of drug-likeness (QED) is 0.604. The van der Waals surface area contributed by atoms with Gasteiger partial charge in [-0.3, -0.25) is 0 Å². The first-order valence-electron chi connectivity index (χ1n) is 2.67. The number of rotatable bonds is 1. The largest absolute Gasteiger partial charge is 2.00 e. The smallest absolute Gasteiger partial charge is 0.326 e. The molecule has 2 N–H and O–H groups in total. The first kappa shape index (κ1) is 8.89. The predicted molar refractivity (Wildman–Crippen MR) is 34.3 cm³/mol. The van der Waals surface area contributed by atoms with Crippen LogP contribution in [0, 0.1) is 0 Å². The van der Waals surface area contributed by atoms with Crippen LogP contribution in [0.25, 0.3) is 0 Å². The summed E-state index contributed by atoms with van der Waals surface area (Å²) in [6.07, 6.45) is 0. The zero-order valence-corrected chi connectivity index (χ0v) is 6.73. The zero-order chi connectivity index (χ0) is 5.82. The van der Waals surface area contributed by atoms with E-state index in [4.69, 9.17) is 5.73 Å². The van der Waals surface area contributed by atoms with E-state index in [-0.39, 0.29) is 21.7 Å². The molecule has 0 aromatic heterocycles. The molecule has 0 aliphatic heterocycles. The minimum atomic E-state index is 0. The van der Waals surface area contributed by atoms with Crippen molar-refractivity contribution < 1.29 is 21.7 Å². The summed E-state index contributed by atoms with van der Waals surface area (Å²) in [6, 6.07) is 9.99. The van der Waals surface area contributed by atoms with Gasteiger partial charge in [0.05, 0.1) is 0 Å². The average Bonchev–Trinajstić information content (AvgIpc) is 1.90. The van der Waals surface area contributed by atoms with Crippen molar-refractivity contribution in [2.75, 3.05) is 0 Å². The van der Waals surface area contributed by atoms with Crippen molar-refractivity contribution in [2.45, 2.75) is 6.54 Å². The molecule has 44 valence electrons. The Labute approximate surface area is 70.1 Å². The molecule has 0 saturated carbocycles. The molecule has 0 aliphatic carbocycles. The van der Waals surface area contributed by atoms with E-state index >= 15 is 0 Å². The fourth-order valence-corrected chi connectivity index (χ4v) is 0.614. The van der Waals surface area contributed by atoms with Crippen LogP contribution in [0.2, 0.25) is 0 Å². The molecule has 1 nitrogen and oxygen atoms in total. The summed E-state index contributed by atoms with van der Waals surface area (Å²) in [4.78, 5) is 0. The molecule has 1 aromatic rings. The van der Waals surface area contributed by atoms with Crippen LogP contribution in [0.3, 0.4) is 0 Å². The van der Waals surface area contributed by atoms with Crippen LogP contribution in [0.5, 0.6) is 0 Å². The molecular weight excluding hydrogens is 146 g/mol. The fourth-order valence-electron chi connectivity index (χ4n) is 0.614. The Balaban J connectivity index is 0.000000640. The van der Waals surface area contributed by atoms with Gasteiger partial charge in [-0.1, -0.05) is 30.3 Å². The minimum Gasteiger partial charge on any atom is -0.326 e. The van der Waals surface area contributed by atoms with Gasteiger partial charge in [0, 0.05) is 6.54 Å². The molecule has 0 fully saturated rings. The minimum absolute atomic E-state index is 0. The molecule has 0 aliphatic rings. The first-order chi connectivity index (χ1) is 3.93. The van der Waals surface area contributed by atoms with Gasteiger partial charge in [0.2, 0.25) is 0 Å². The van der Waals surface area contributed by atoms with E-state index in [1.165, 1.54) is 5.56 Å². The molecule has 0 saturated heterocycles. The fraction of sp³-hybridized carbons (Fsp3) is 0.143. The molecule has 2 heteroatoms. The van der Waals surface area contributed by atoms with Gasteiger partial charge < -0.3 is 5.73 Å². The van der Waals surface area contributed by atoms with Crippen molar-refractivity contribution in [3.63, 3.8) is 0 Å². The van der Waals surface area contributed by atoms with Crippen molar-refractivity contribution in [2.24, 2.45) is 5.73 Å². The Morgan fingerprint density at radius 3 is 2.00 bits per heavy atom. The van der Waals surface area contributed by atoms with Crippen molar-refractivity contribution in [3.05, 3.63) is 35.9 Å². The maximum Gasteiger partial charge on any atom is 2.00 e. The number of hydrogen-bond donors (Lipinski definition) is 1. The molecule has 1 rings (SSSR count). The van der Waals surface area contributed by atoms with E-state index < -0.39 is 0 Å². The van der Waals surface area contributed by atoms with E-state index in [2.05, 4.69) is 0 Å². The second kappa shape index (κ2) is 4.74. The summed E-state index contributed by atoms with van der Waals surface area (Å²) in [5.74, 6) is 0. The zero-order valence-electron chi connectivity index (χ0n) is 5.17. The van der Waals surface area contributed by atoms with E-state index in [0.717, 1.165) is 0 Å². The van der Waals surface area contributed by atoms with Gasteiger partial charge in [-0.2, -0.15) is 0 Å². The third-order valence-electron chi connectivity index (χ3n) is 1.08. The van der Waals surface area contributed by atoms with Crippen molar-refractivity contribution in [1.82, 2.24) is 0 Å². The Kier molecular flexibility index (Phi) is 4.69. The third-order valence-corrected chi connectivity index (χ3v) is 1.08. The topological polar surface area (TPSA) is 26.0 Å². The Morgan fingerprint density at radius 2 is 1.67 bits per heavy atom. The van der Waals surface area contributed by atoms with Gasteiger partial charge in [0.25, 0.3) is 0 Å². The van der Waals surface area contributed by atoms with Gasteiger partial charge in [-0.15, -0.1) is 0 Å². The first-order valence-corrected chi connectivity index (χ1v) is 2.67. The Hall–Kier alpha value is -0.106. The summed E-state index contributed by atoms with van der Waals surface area (Å²) in [5, 5.41) is 0. The summed E-state index contributed by atoms with van der Waals surface area (Å²) in [5.41, 5.74) is 6.54. The molecular formula is C7H9NTi+2. The molecule has 0 radical (unpaired) electrons. The summed E-state index contributed by atoms with van der Waals surface area (Å²) in [7, 11) is 0. The van der Waals surface area contributed by atoms with Crippen LogP contribution in [-0.4, -0.2) is 0 Å². The van der Waals surface area contributed by atoms with E-state index in [0.29, 0.717) is 6.54 Å². The van der Waals surface area contributed by atoms with Gasteiger partial charge in [-0.05, 0) is 5.56 Å². The second-order valence-electron chi connectivity index (χ2n) is 1.69. The van der Waals surface area contributed by atoms with Crippen molar-refractivity contribution >= 4 is 0 Å². The van der Waals surface area contributed by atoms with Crippen LogP contribution in [0.1, 0.15) is 5.56 Å². The number of nitrogens with two attached hydrogens (primary N) is 1. The predicted octanol–water partition coefficient (Wildman–Crippen LogP) is 1.14. The van der Waals surface area contributed by atoms with Gasteiger partial charge >= 0.3 is 21.7 Å². The molecule has 0 bridgehead atoms. The van der Waals surface area contributed by atoms with Gasteiger partial charge in [0.1, 0.15) is 0 Å². The summed E-state index contributed by atoms with van der Waals surface area (Å²) < 4.78 is 0. The molecule has 0 amide bonds. The molecule has 0 atom stereocenters. The molecule has 0 unspecified atom stereocenters. The Morgan fingerprint density at radius 1 is 1.11 bits per heavy atom. The van der Waals surface area contributed by atoms with Crippen molar-refractivity contribution in [3.8, 4) is 0 Å². The van der Waals surface area contributed by atoms with Crippen LogP contribution in [-0.2, 0) is 28.3 Å². The monoisotopic (exact) mass is 155 g/mol. The van der Waals surface area contributed by atoms with E-state index in [1.807, 2.05) is 30.3 Å². The number of hydrogen-bond acceptors (Lipinski definition) is 1. The maximum absolute atomic E-state index is 5.35. The SMILES string of the molecule is NCc1ccccc1.[Ti+2]. The molecule has 0 heterocycles. The van der Waals surface area contributed by atoms with Crippen LogP contribution in [0.4, 0.5) is 0 Å². The van der Waals surface area contributed by atoms with Crippen molar-refractivity contribution in [1.29, 1.82) is 0 Å². The van der Waals surface area contributed by atoms with Gasteiger partial charge in [-0.25, -0.2) is 0 Å². The number of benzene rings is 1. The third kappa shape index (κ3) is 2.80. The average molecular weight is 155 g/mol. The second-order valence-corrected chi connectivity index (χ2v) is 1.69. The maximum atomic E-state index is 5.35. The van der Waals surface area contributed by atoms with Gasteiger partial charge in [0.15, 0.2) is 0 Å². The normalized spacial score (nSPS) is 8.11. The standard InChI is InChI=1S/C7H9N.Ti/c8-6-7-4-2-1-3-5-7;/h1-5H,6,8H2;/q;+2. The molecule has 0 spiro atoms. The Bertz CT molecular complexity index is 150. The van der Waals surface area contributed by atoms with Crippen LogP contribution >= 0.6 is 0 Å². The van der Waals surface area contributed by atoms with E-state index in [9.17, 15) is 0 Å². The van der Waals surface area contributed by atoms with Crippen LogP contribution < -0.4 is 5.73 Å².